The van der Waals surface area contributed by atoms with Crippen molar-refractivity contribution >= 4 is 5.97 Å². The van der Waals surface area contributed by atoms with Gasteiger partial charge in [0, 0.05) is 18.3 Å². The predicted octanol–water partition coefficient (Wildman–Crippen LogP) is 1.39. The van der Waals surface area contributed by atoms with Crippen molar-refractivity contribution < 1.29 is 19.4 Å². The molecule has 1 aromatic rings. The molecular formula is C12H15NO4. The minimum absolute atomic E-state index is 0.176. The zero-order valence-electron chi connectivity index (χ0n) is 9.68. The van der Waals surface area contributed by atoms with Crippen LogP contribution in [-0.4, -0.2) is 35.6 Å². The number of rotatable bonds is 4. The molecule has 0 aliphatic carbocycles. The molecule has 0 aromatic carbocycles. The Balaban J connectivity index is 2.04. The molecule has 0 saturated carbocycles. The van der Waals surface area contributed by atoms with Crippen molar-refractivity contribution in [3.05, 3.63) is 29.1 Å². The summed E-state index contributed by atoms with van der Waals surface area (Å²) in [5, 5.41) is 8.99. The average molecular weight is 237 g/mol. The Morgan fingerprint density at radius 1 is 1.53 bits per heavy atom. The predicted molar refractivity (Wildman–Crippen MR) is 59.9 cm³/mol. The second-order valence-electron chi connectivity index (χ2n) is 3.95. The zero-order chi connectivity index (χ0) is 12.3. The van der Waals surface area contributed by atoms with E-state index in [2.05, 4.69) is 4.98 Å². The third-order valence-corrected chi connectivity index (χ3v) is 2.85. The molecule has 2 heterocycles. The van der Waals surface area contributed by atoms with Crippen molar-refractivity contribution in [2.24, 2.45) is 0 Å². The number of aryl methyl sites for hydroxylation is 1. The molecule has 1 aliphatic rings. The number of pyridine rings is 1. The van der Waals surface area contributed by atoms with Crippen molar-refractivity contribution in [3.8, 4) is 0 Å². The highest BCUT2D eigenvalue weighted by molar-refractivity contribution is 5.89. The van der Waals surface area contributed by atoms with E-state index in [4.69, 9.17) is 14.6 Å². The van der Waals surface area contributed by atoms with Gasteiger partial charge in [-0.1, -0.05) is 0 Å². The maximum Gasteiger partial charge on any atom is 0.336 e. The SMILES string of the molecule is Cc1c(C(=O)O)ccnc1CCC1OCCO1. The Kier molecular flexibility index (Phi) is 3.71. The lowest BCUT2D eigenvalue weighted by Gasteiger charge is -2.10. The lowest BCUT2D eigenvalue weighted by molar-refractivity contribution is -0.0463. The molecule has 0 spiro atoms. The largest absolute Gasteiger partial charge is 0.478 e. The molecule has 1 fully saturated rings. The van der Waals surface area contributed by atoms with E-state index in [1.54, 1.807) is 6.92 Å². The highest BCUT2D eigenvalue weighted by Gasteiger charge is 2.17. The summed E-state index contributed by atoms with van der Waals surface area (Å²) in [6, 6.07) is 1.52. The van der Waals surface area contributed by atoms with Gasteiger partial charge in [-0.3, -0.25) is 4.98 Å². The molecule has 0 amide bonds. The Labute approximate surface area is 99.4 Å². The summed E-state index contributed by atoms with van der Waals surface area (Å²) in [6.07, 6.45) is 2.72. The first kappa shape index (κ1) is 12.0. The first-order valence-electron chi connectivity index (χ1n) is 5.59. The maximum atomic E-state index is 11.0. The highest BCUT2D eigenvalue weighted by Crippen LogP contribution is 2.16. The zero-order valence-corrected chi connectivity index (χ0v) is 9.68. The van der Waals surface area contributed by atoms with Crippen LogP contribution in [0.1, 0.15) is 28.0 Å². The highest BCUT2D eigenvalue weighted by atomic mass is 16.7. The minimum Gasteiger partial charge on any atom is -0.478 e. The fourth-order valence-electron chi connectivity index (χ4n) is 1.89. The van der Waals surface area contributed by atoms with E-state index in [-0.39, 0.29) is 6.29 Å². The molecule has 92 valence electrons. The van der Waals surface area contributed by atoms with Crippen molar-refractivity contribution in [2.45, 2.75) is 26.1 Å². The number of hydrogen-bond donors (Lipinski definition) is 1. The van der Waals surface area contributed by atoms with Crippen LogP contribution in [0.5, 0.6) is 0 Å². The number of nitrogens with zero attached hydrogens (tertiary/aromatic N) is 1. The number of aromatic carboxylic acids is 1. The monoisotopic (exact) mass is 237 g/mol. The molecule has 0 unspecified atom stereocenters. The van der Waals surface area contributed by atoms with Crippen molar-refractivity contribution in [1.29, 1.82) is 0 Å². The lowest BCUT2D eigenvalue weighted by atomic mass is 10.0. The fourth-order valence-corrected chi connectivity index (χ4v) is 1.89. The van der Waals surface area contributed by atoms with Crippen molar-refractivity contribution in [1.82, 2.24) is 4.98 Å². The van der Waals surface area contributed by atoms with Gasteiger partial charge in [0.15, 0.2) is 6.29 Å². The Morgan fingerprint density at radius 2 is 2.24 bits per heavy atom. The van der Waals surface area contributed by atoms with Crippen LogP contribution in [0.4, 0.5) is 0 Å². The average Bonchev–Trinajstić information content (AvgIpc) is 2.80. The normalized spacial score (nSPS) is 16.3. The van der Waals surface area contributed by atoms with Gasteiger partial charge < -0.3 is 14.6 Å². The van der Waals surface area contributed by atoms with E-state index < -0.39 is 5.97 Å². The summed E-state index contributed by atoms with van der Waals surface area (Å²) in [7, 11) is 0. The molecule has 0 bridgehead atoms. The summed E-state index contributed by atoms with van der Waals surface area (Å²) in [5.41, 5.74) is 1.82. The van der Waals surface area contributed by atoms with E-state index >= 15 is 0 Å². The number of ether oxygens (including phenoxy) is 2. The van der Waals surface area contributed by atoms with Gasteiger partial charge >= 0.3 is 5.97 Å². The summed E-state index contributed by atoms with van der Waals surface area (Å²) >= 11 is 0. The van der Waals surface area contributed by atoms with Crippen LogP contribution in [0.3, 0.4) is 0 Å². The molecular weight excluding hydrogens is 222 g/mol. The summed E-state index contributed by atoms with van der Waals surface area (Å²) < 4.78 is 10.7. The molecule has 5 heteroatoms. The van der Waals surface area contributed by atoms with Crippen LogP contribution in [-0.2, 0) is 15.9 Å². The third kappa shape index (κ3) is 2.81. The minimum atomic E-state index is -0.917. The topological polar surface area (TPSA) is 68.7 Å². The summed E-state index contributed by atoms with van der Waals surface area (Å²) in [4.78, 5) is 15.2. The van der Waals surface area contributed by atoms with Gasteiger partial charge in [-0.05, 0) is 25.0 Å². The van der Waals surface area contributed by atoms with Crippen LogP contribution >= 0.6 is 0 Å². The van der Waals surface area contributed by atoms with E-state index in [9.17, 15) is 4.79 Å². The van der Waals surface area contributed by atoms with Crippen molar-refractivity contribution in [3.63, 3.8) is 0 Å². The van der Waals surface area contributed by atoms with Gasteiger partial charge in [0.25, 0.3) is 0 Å². The standard InChI is InChI=1S/C12H15NO4/c1-8-9(12(14)15)4-5-13-10(8)2-3-11-16-6-7-17-11/h4-5,11H,2-3,6-7H2,1H3,(H,14,15). The van der Waals surface area contributed by atoms with E-state index in [1.165, 1.54) is 12.3 Å². The number of aromatic nitrogens is 1. The van der Waals surface area contributed by atoms with Gasteiger partial charge in [-0.15, -0.1) is 0 Å². The van der Waals surface area contributed by atoms with Crippen LogP contribution in [0.2, 0.25) is 0 Å². The van der Waals surface area contributed by atoms with E-state index in [1.807, 2.05) is 0 Å². The van der Waals surface area contributed by atoms with Crippen LogP contribution < -0.4 is 0 Å². The van der Waals surface area contributed by atoms with Crippen molar-refractivity contribution in [2.75, 3.05) is 13.2 Å². The first-order chi connectivity index (χ1) is 8.18. The van der Waals surface area contributed by atoms with Crippen LogP contribution in [0, 0.1) is 6.92 Å². The third-order valence-electron chi connectivity index (χ3n) is 2.85. The summed E-state index contributed by atoms with van der Waals surface area (Å²) in [5.74, 6) is -0.917. The maximum absolute atomic E-state index is 11.0. The smallest absolute Gasteiger partial charge is 0.336 e. The molecule has 1 aromatic heterocycles. The second kappa shape index (κ2) is 5.25. The Hall–Kier alpha value is -1.46. The lowest BCUT2D eigenvalue weighted by Crippen LogP contribution is -2.11. The fraction of sp³-hybridized carbons (Fsp3) is 0.500. The molecule has 0 radical (unpaired) electrons. The van der Waals surface area contributed by atoms with Gasteiger partial charge in [0.1, 0.15) is 0 Å². The molecule has 0 atom stereocenters. The van der Waals surface area contributed by atoms with E-state index in [0.717, 1.165) is 11.3 Å². The molecule has 1 saturated heterocycles. The second-order valence-corrected chi connectivity index (χ2v) is 3.95. The van der Waals surface area contributed by atoms with Gasteiger partial charge in [0.05, 0.1) is 18.8 Å². The number of carboxylic acid groups (broad SMARTS) is 1. The Bertz CT molecular complexity index is 413. The van der Waals surface area contributed by atoms with Crippen LogP contribution in [0.25, 0.3) is 0 Å². The molecule has 1 N–H and O–H groups in total. The summed E-state index contributed by atoms with van der Waals surface area (Å²) in [6.45, 7) is 3.04. The van der Waals surface area contributed by atoms with Gasteiger partial charge in [-0.2, -0.15) is 0 Å². The van der Waals surface area contributed by atoms with Gasteiger partial charge in [0.2, 0.25) is 0 Å². The molecule has 1 aliphatic heterocycles. The quantitative estimate of drug-likeness (QED) is 0.857. The van der Waals surface area contributed by atoms with E-state index in [0.29, 0.717) is 31.6 Å². The number of carbonyl (C=O) groups is 1. The molecule has 2 rings (SSSR count). The number of carboxylic acids is 1. The molecule has 17 heavy (non-hydrogen) atoms. The molecule has 5 nitrogen and oxygen atoms in total. The number of hydrogen-bond acceptors (Lipinski definition) is 4. The van der Waals surface area contributed by atoms with Gasteiger partial charge in [-0.25, -0.2) is 4.79 Å². The first-order valence-corrected chi connectivity index (χ1v) is 5.59. The Morgan fingerprint density at radius 3 is 2.88 bits per heavy atom. The van der Waals surface area contributed by atoms with Crippen LogP contribution in [0.15, 0.2) is 12.3 Å².